The van der Waals surface area contributed by atoms with Gasteiger partial charge < -0.3 is 26.6 Å². The molecule has 1 radical (unpaired) electrons. The zero-order chi connectivity index (χ0) is 17.1. The van der Waals surface area contributed by atoms with Crippen LogP contribution in [-0.4, -0.2) is 60.3 Å². The minimum absolute atomic E-state index is 0.384. The fourth-order valence-corrected chi connectivity index (χ4v) is 5.97. The summed E-state index contributed by atoms with van der Waals surface area (Å²) in [4.78, 5) is 0. The molecule has 0 saturated carbocycles. The molecule has 0 heterocycles. The van der Waals surface area contributed by atoms with Crippen LogP contribution in [0.25, 0.3) is 0 Å². The highest BCUT2D eigenvalue weighted by Gasteiger charge is 2.38. The fraction of sp³-hybridized carbons (Fsp3) is 0.929. The van der Waals surface area contributed by atoms with Crippen molar-refractivity contribution in [2.75, 3.05) is 42.7 Å². The fourth-order valence-electron chi connectivity index (χ4n) is 2.47. The van der Waals surface area contributed by atoms with E-state index in [4.69, 9.17) is 26.6 Å². The molecule has 0 saturated heterocycles. The van der Waals surface area contributed by atoms with E-state index in [9.17, 15) is 0 Å². The van der Waals surface area contributed by atoms with Crippen LogP contribution in [0.15, 0.2) is 0 Å². The minimum Gasteiger partial charge on any atom is -0.377 e. The Kier molecular flexibility index (Phi) is 11.8. The van der Waals surface area contributed by atoms with E-state index in [0.29, 0.717) is 5.92 Å². The second-order valence-electron chi connectivity index (χ2n) is 5.24. The van der Waals surface area contributed by atoms with Gasteiger partial charge in [0.05, 0.1) is 0 Å². The van der Waals surface area contributed by atoms with Gasteiger partial charge in [-0.05, 0) is 18.8 Å². The second kappa shape index (κ2) is 11.7. The molecule has 0 spiro atoms. The summed E-state index contributed by atoms with van der Waals surface area (Å²) in [6.45, 7) is 4.22. The first-order chi connectivity index (χ1) is 10.5. The van der Waals surface area contributed by atoms with Gasteiger partial charge in [0.2, 0.25) is 0 Å². The summed E-state index contributed by atoms with van der Waals surface area (Å²) in [6, 6.07) is 1.63. The van der Waals surface area contributed by atoms with Crippen molar-refractivity contribution in [3.8, 4) is 0 Å². The van der Waals surface area contributed by atoms with Gasteiger partial charge in [-0.25, -0.2) is 0 Å². The van der Waals surface area contributed by atoms with E-state index in [1.807, 2.05) is 0 Å². The lowest BCUT2D eigenvalue weighted by Gasteiger charge is -2.25. The van der Waals surface area contributed by atoms with Gasteiger partial charge in [-0.2, -0.15) is 0 Å². The number of hydrogen-bond acceptors (Lipinski definition) is 6. The van der Waals surface area contributed by atoms with Crippen LogP contribution >= 0.6 is 0 Å². The van der Waals surface area contributed by atoms with Crippen LogP contribution in [0, 0.1) is 12.8 Å². The van der Waals surface area contributed by atoms with Crippen molar-refractivity contribution in [2.45, 2.75) is 37.8 Å². The monoisotopic (exact) mass is 353 g/mol. The lowest BCUT2D eigenvalue weighted by molar-refractivity contribution is 0.122. The van der Waals surface area contributed by atoms with E-state index in [2.05, 4.69) is 6.92 Å². The average Bonchev–Trinajstić information content (AvgIpc) is 2.56. The van der Waals surface area contributed by atoms with Gasteiger partial charge in [-0.1, -0.05) is 19.8 Å². The first kappa shape index (κ1) is 22.2. The van der Waals surface area contributed by atoms with Crippen LogP contribution in [-0.2, 0) is 26.6 Å². The summed E-state index contributed by atoms with van der Waals surface area (Å²) in [5.74, 6) is 0.384. The van der Waals surface area contributed by atoms with Gasteiger partial charge in [0.15, 0.2) is 0 Å². The molecular weight excluding hydrogens is 320 g/mol. The van der Waals surface area contributed by atoms with Crippen LogP contribution in [0.3, 0.4) is 0 Å². The third-order valence-electron chi connectivity index (χ3n) is 4.06. The van der Waals surface area contributed by atoms with Gasteiger partial charge in [0.25, 0.3) is 0 Å². The highest BCUT2D eigenvalue weighted by molar-refractivity contribution is 6.60. The molecule has 0 aromatic carbocycles. The van der Waals surface area contributed by atoms with Crippen molar-refractivity contribution in [1.82, 2.24) is 0 Å². The Morgan fingerprint density at radius 1 is 0.636 bits per heavy atom. The normalized spacial score (nSPS) is 13.1. The molecule has 0 unspecified atom stereocenters. The van der Waals surface area contributed by atoms with E-state index in [0.717, 1.165) is 37.8 Å². The predicted molar refractivity (Wildman–Crippen MR) is 90.5 cm³/mol. The molecule has 0 aliphatic carbocycles. The minimum atomic E-state index is -2.44. The second-order valence-corrected chi connectivity index (χ2v) is 11.4. The smallest absolute Gasteiger partial charge is 0.377 e. The summed E-state index contributed by atoms with van der Waals surface area (Å²) in [5, 5.41) is 0. The Hall–Kier alpha value is 0.194. The standard InChI is InChI=1S/C14H33O6Si2/c1-14(10-8-12-21(15-2,16-3)17-4)11-9-13-22(18-5,19-6)20-7/h14H,1,8-13H2,2-7H3. The molecule has 8 heteroatoms. The van der Waals surface area contributed by atoms with Crippen molar-refractivity contribution in [3.63, 3.8) is 0 Å². The van der Waals surface area contributed by atoms with Gasteiger partial charge in [-0.3, -0.25) is 0 Å². The van der Waals surface area contributed by atoms with Crippen molar-refractivity contribution in [1.29, 1.82) is 0 Å². The molecule has 0 fully saturated rings. The first-order valence-corrected chi connectivity index (χ1v) is 11.5. The summed E-state index contributed by atoms with van der Waals surface area (Å²) in [5.41, 5.74) is 0. The third-order valence-corrected chi connectivity index (χ3v) is 9.72. The summed E-state index contributed by atoms with van der Waals surface area (Å²) >= 11 is 0. The topological polar surface area (TPSA) is 55.4 Å². The lowest BCUT2D eigenvalue weighted by atomic mass is 10.0. The molecule has 0 aliphatic heterocycles. The van der Waals surface area contributed by atoms with Crippen LogP contribution in [0.5, 0.6) is 0 Å². The van der Waals surface area contributed by atoms with E-state index < -0.39 is 17.6 Å². The zero-order valence-corrected chi connectivity index (χ0v) is 17.0. The quantitative estimate of drug-likeness (QED) is 0.448. The SMILES string of the molecule is [CH2]C(CCC[Si](OC)(OC)OC)CCC[Si](OC)(OC)OC. The molecule has 22 heavy (non-hydrogen) atoms. The number of rotatable bonds is 14. The Bertz CT molecular complexity index is 230. The first-order valence-electron chi connectivity index (χ1n) is 7.61. The molecule has 0 rings (SSSR count). The van der Waals surface area contributed by atoms with E-state index in [1.165, 1.54) is 0 Å². The van der Waals surface area contributed by atoms with Crippen LogP contribution in [0.4, 0.5) is 0 Å². The maximum atomic E-state index is 5.42. The van der Waals surface area contributed by atoms with Gasteiger partial charge in [0.1, 0.15) is 0 Å². The van der Waals surface area contributed by atoms with E-state index in [1.54, 1.807) is 42.7 Å². The van der Waals surface area contributed by atoms with E-state index >= 15 is 0 Å². The van der Waals surface area contributed by atoms with Crippen molar-refractivity contribution < 1.29 is 26.6 Å². The molecule has 0 bridgehead atoms. The molecule has 133 valence electrons. The largest absolute Gasteiger partial charge is 0.500 e. The van der Waals surface area contributed by atoms with Gasteiger partial charge >= 0.3 is 17.6 Å². The molecule has 0 aromatic rings. The Morgan fingerprint density at radius 2 is 0.909 bits per heavy atom. The average molecular weight is 354 g/mol. The maximum Gasteiger partial charge on any atom is 0.500 e. The van der Waals surface area contributed by atoms with Crippen molar-refractivity contribution in [2.24, 2.45) is 5.92 Å². The highest BCUT2D eigenvalue weighted by atomic mass is 28.4. The Morgan fingerprint density at radius 3 is 1.14 bits per heavy atom. The van der Waals surface area contributed by atoms with Crippen LogP contribution < -0.4 is 0 Å². The molecular formula is C14H33O6Si2. The van der Waals surface area contributed by atoms with Crippen molar-refractivity contribution in [3.05, 3.63) is 6.92 Å². The lowest BCUT2D eigenvalue weighted by Crippen LogP contribution is -2.42. The molecule has 0 N–H and O–H groups in total. The van der Waals surface area contributed by atoms with Gasteiger partial charge in [0, 0.05) is 54.7 Å². The number of hydrogen-bond donors (Lipinski definition) is 0. The summed E-state index contributed by atoms with van der Waals surface area (Å²) in [7, 11) is 4.98. The predicted octanol–water partition coefficient (Wildman–Crippen LogP) is 2.75. The summed E-state index contributed by atoms with van der Waals surface area (Å²) in [6.07, 6.45) is 4.01. The van der Waals surface area contributed by atoms with Crippen LogP contribution in [0.1, 0.15) is 25.7 Å². The molecule has 0 amide bonds. The molecule has 6 nitrogen and oxygen atoms in total. The Labute approximate surface area is 138 Å². The molecule has 0 atom stereocenters. The van der Waals surface area contributed by atoms with Crippen LogP contribution in [0.2, 0.25) is 12.1 Å². The van der Waals surface area contributed by atoms with Crippen molar-refractivity contribution >= 4 is 17.6 Å². The Balaban J connectivity index is 4.03. The highest BCUT2D eigenvalue weighted by Crippen LogP contribution is 2.23. The third kappa shape index (κ3) is 7.18. The maximum absolute atomic E-state index is 5.42. The molecule has 0 aliphatic rings. The zero-order valence-electron chi connectivity index (χ0n) is 15.0. The summed E-state index contributed by atoms with van der Waals surface area (Å²) < 4.78 is 32.5. The molecule has 0 aromatic heterocycles. The van der Waals surface area contributed by atoms with Gasteiger partial charge in [-0.15, -0.1) is 0 Å². The van der Waals surface area contributed by atoms with E-state index in [-0.39, 0.29) is 0 Å².